The van der Waals surface area contributed by atoms with E-state index in [1.54, 1.807) is 0 Å². The zero-order valence-electron chi connectivity index (χ0n) is 12.0. The first-order valence-corrected chi connectivity index (χ1v) is 8.57. The van der Waals surface area contributed by atoms with Crippen molar-refractivity contribution >= 4 is 31.9 Å². The van der Waals surface area contributed by atoms with Crippen molar-refractivity contribution in [1.82, 2.24) is 0 Å². The molecule has 1 heterocycles. The molecule has 1 aliphatic heterocycles. The van der Waals surface area contributed by atoms with Gasteiger partial charge in [-0.1, -0.05) is 55.6 Å². The molecule has 1 aliphatic rings. The quantitative estimate of drug-likeness (QED) is 0.622. The Morgan fingerprint density at radius 2 is 1.62 bits per heavy atom. The summed E-state index contributed by atoms with van der Waals surface area (Å²) < 4.78 is 12.3. The minimum atomic E-state index is 0.114. The fraction of sp³-hybridized carbons (Fsp3) is 0.294. The van der Waals surface area contributed by atoms with E-state index < -0.39 is 0 Å². The van der Waals surface area contributed by atoms with Gasteiger partial charge >= 0.3 is 0 Å². The highest BCUT2D eigenvalue weighted by Crippen LogP contribution is 2.43. The number of ether oxygens (including phenoxy) is 2. The van der Waals surface area contributed by atoms with E-state index in [1.807, 2.05) is 6.07 Å². The van der Waals surface area contributed by atoms with E-state index in [2.05, 4.69) is 70.0 Å². The average molecular weight is 412 g/mol. The molecule has 21 heavy (non-hydrogen) atoms. The lowest BCUT2D eigenvalue weighted by Gasteiger charge is -2.22. The third-order valence-electron chi connectivity index (χ3n) is 3.64. The zero-order chi connectivity index (χ0) is 15.0. The van der Waals surface area contributed by atoms with Crippen LogP contribution in [0.1, 0.15) is 27.1 Å². The van der Waals surface area contributed by atoms with E-state index >= 15 is 0 Å². The van der Waals surface area contributed by atoms with Crippen molar-refractivity contribution < 1.29 is 9.47 Å². The first kappa shape index (κ1) is 14.9. The molecule has 0 bridgehead atoms. The molecule has 4 heteroatoms. The van der Waals surface area contributed by atoms with Gasteiger partial charge in [0.25, 0.3) is 0 Å². The highest BCUT2D eigenvalue weighted by Gasteiger charge is 2.21. The number of halogens is 2. The molecule has 0 amide bonds. The molecular weight excluding hydrogens is 396 g/mol. The van der Waals surface area contributed by atoms with Gasteiger partial charge < -0.3 is 9.47 Å². The molecule has 1 atom stereocenters. The average Bonchev–Trinajstić information content (AvgIpc) is 2.48. The molecule has 0 spiro atoms. The lowest BCUT2D eigenvalue weighted by molar-refractivity contribution is 0.171. The second kappa shape index (κ2) is 6.01. The maximum Gasteiger partial charge on any atom is 0.162 e. The molecule has 0 fully saturated rings. The van der Waals surface area contributed by atoms with Crippen molar-refractivity contribution in [3.63, 3.8) is 0 Å². The number of alkyl halides is 1. The molecular formula is C17H16Br2O2. The monoisotopic (exact) mass is 410 g/mol. The van der Waals surface area contributed by atoms with Crippen LogP contribution < -0.4 is 9.47 Å². The maximum atomic E-state index is 5.69. The largest absolute Gasteiger partial charge is 0.486 e. The molecule has 0 saturated heterocycles. The molecule has 0 N–H and O–H groups in total. The molecule has 0 aromatic heterocycles. The summed E-state index contributed by atoms with van der Waals surface area (Å²) >= 11 is 7.48. The van der Waals surface area contributed by atoms with Gasteiger partial charge in [0, 0.05) is 4.47 Å². The standard InChI is InChI=1S/C17H16Br2O2/c1-10-3-4-11(2)12(7-10)17(19)13-8-15-16(9-14(13)18)21-6-5-20-15/h3-4,7-9,17H,5-6H2,1-2H3. The number of hydrogen-bond donors (Lipinski definition) is 0. The lowest BCUT2D eigenvalue weighted by atomic mass is 9.98. The number of benzene rings is 2. The van der Waals surface area contributed by atoms with Crippen LogP contribution in [0, 0.1) is 13.8 Å². The number of rotatable bonds is 2. The van der Waals surface area contributed by atoms with Gasteiger partial charge in [-0.05, 0) is 42.7 Å². The predicted molar refractivity (Wildman–Crippen MR) is 91.8 cm³/mol. The predicted octanol–water partition coefficient (Wildman–Crippen LogP) is 5.32. The van der Waals surface area contributed by atoms with Crippen molar-refractivity contribution in [1.29, 1.82) is 0 Å². The Balaban J connectivity index is 2.05. The summed E-state index contributed by atoms with van der Waals surface area (Å²) in [6, 6.07) is 10.6. The maximum absolute atomic E-state index is 5.69. The van der Waals surface area contributed by atoms with Crippen LogP contribution >= 0.6 is 31.9 Å². The van der Waals surface area contributed by atoms with Gasteiger partial charge in [0.05, 0.1) is 4.83 Å². The number of hydrogen-bond acceptors (Lipinski definition) is 2. The lowest BCUT2D eigenvalue weighted by Crippen LogP contribution is -2.15. The Bertz CT molecular complexity index is 683. The van der Waals surface area contributed by atoms with Crippen LogP contribution in [0.15, 0.2) is 34.8 Å². The molecule has 3 rings (SSSR count). The molecule has 110 valence electrons. The summed E-state index contributed by atoms with van der Waals surface area (Å²) in [5.74, 6) is 1.62. The summed E-state index contributed by atoms with van der Waals surface area (Å²) in [6.45, 7) is 5.45. The van der Waals surface area contributed by atoms with Gasteiger partial charge in [-0.15, -0.1) is 0 Å². The summed E-state index contributed by atoms with van der Waals surface area (Å²) in [6.07, 6.45) is 0. The van der Waals surface area contributed by atoms with Crippen molar-refractivity contribution in [2.24, 2.45) is 0 Å². The van der Waals surface area contributed by atoms with Gasteiger partial charge in [0.2, 0.25) is 0 Å². The van der Waals surface area contributed by atoms with Crippen molar-refractivity contribution in [2.75, 3.05) is 13.2 Å². The second-order valence-corrected chi connectivity index (χ2v) is 7.01. The molecule has 2 nitrogen and oxygen atoms in total. The second-order valence-electron chi connectivity index (χ2n) is 5.24. The highest BCUT2D eigenvalue weighted by atomic mass is 79.9. The van der Waals surface area contributed by atoms with Gasteiger partial charge in [-0.3, -0.25) is 0 Å². The minimum absolute atomic E-state index is 0.114. The summed E-state index contributed by atoms with van der Waals surface area (Å²) in [7, 11) is 0. The molecule has 2 aromatic carbocycles. The van der Waals surface area contributed by atoms with Gasteiger partial charge in [-0.25, -0.2) is 0 Å². The summed E-state index contributed by atoms with van der Waals surface area (Å²) in [5, 5.41) is 0. The normalized spacial score (nSPS) is 14.9. The van der Waals surface area contributed by atoms with Crippen LogP contribution in [0.4, 0.5) is 0 Å². The number of fused-ring (bicyclic) bond motifs is 1. The van der Waals surface area contributed by atoms with Crippen molar-refractivity contribution in [2.45, 2.75) is 18.7 Å². The number of aryl methyl sites for hydroxylation is 2. The first-order valence-electron chi connectivity index (χ1n) is 6.86. The fourth-order valence-corrected chi connectivity index (χ4v) is 4.20. The van der Waals surface area contributed by atoms with E-state index in [0.717, 1.165) is 21.5 Å². The Kier molecular flexibility index (Phi) is 4.27. The van der Waals surface area contributed by atoms with Crippen LogP contribution in [0.5, 0.6) is 11.5 Å². The Hall–Kier alpha value is -1.00. The van der Waals surface area contributed by atoms with Crippen LogP contribution in [0.3, 0.4) is 0 Å². The summed E-state index contributed by atoms with van der Waals surface area (Å²) in [5.41, 5.74) is 4.94. The van der Waals surface area contributed by atoms with Crippen LogP contribution in [0.25, 0.3) is 0 Å². The SMILES string of the molecule is Cc1ccc(C)c(C(Br)c2cc3c(cc2Br)OCCO3)c1. The Morgan fingerprint density at radius 1 is 0.952 bits per heavy atom. The van der Waals surface area contributed by atoms with Crippen LogP contribution in [-0.2, 0) is 0 Å². The van der Waals surface area contributed by atoms with Crippen molar-refractivity contribution in [3.05, 3.63) is 57.1 Å². The molecule has 0 radical (unpaired) electrons. The minimum Gasteiger partial charge on any atom is -0.486 e. The van der Waals surface area contributed by atoms with Crippen LogP contribution in [-0.4, -0.2) is 13.2 Å². The Labute approximate surface area is 141 Å². The zero-order valence-corrected chi connectivity index (χ0v) is 15.1. The van der Waals surface area contributed by atoms with Gasteiger partial charge in [-0.2, -0.15) is 0 Å². The van der Waals surface area contributed by atoms with Crippen molar-refractivity contribution in [3.8, 4) is 11.5 Å². The fourth-order valence-electron chi connectivity index (χ4n) is 2.47. The van der Waals surface area contributed by atoms with E-state index in [9.17, 15) is 0 Å². The smallest absolute Gasteiger partial charge is 0.162 e. The highest BCUT2D eigenvalue weighted by molar-refractivity contribution is 9.11. The van der Waals surface area contributed by atoms with E-state index in [1.165, 1.54) is 16.7 Å². The first-order chi connectivity index (χ1) is 10.1. The van der Waals surface area contributed by atoms with E-state index in [4.69, 9.17) is 9.47 Å². The van der Waals surface area contributed by atoms with Crippen LogP contribution in [0.2, 0.25) is 0 Å². The van der Waals surface area contributed by atoms with E-state index in [0.29, 0.717) is 13.2 Å². The topological polar surface area (TPSA) is 18.5 Å². The van der Waals surface area contributed by atoms with Gasteiger partial charge in [0.1, 0.15) is 13.2 Å². The summed E-state index contributed by atoms with van der Waals surface area (Å²) in [4.78, 5) is 0.114. The third kappa shape index (κ3) is 2.97. The van der Waals surface area contributed by atoms with Gasteiger partial charge in [0.15, 0.2) is 11.5 Å². The molecule has 1 unspecified atom stereocenters. The molecule has 0 saturated carbocycles. The Morgan fingerprint density at radius 3 is 2.33 bits per heavy atom. The molecule has 2 aromatic rings. The van der Waals surface area contributed by atoms with E-state index in [-0.39, 0.29) is 4.83 Å². The molecule has 0 aliphatic carbocycles. The third-order valence-corrected chi connectivity index (χ3v) is 5.32.